The van der Waals surface area contributed by atoms with Crippen LogP contribution in [0.25, 0.3) is 104 Å². The third kappa shape index (κ3) is 4.91. The molecule has 0 bridgehead atoms. The minimum atomic E-state index is 0.654. The number of pyridine rings is 2. The Morgan fingerprint density at radius 1 is 0.455 bits per heavy atom. The van der Waals surface area contributed by atoms with Crippen LogP contribution in [0.1, 0.15) is 5.56 Å². The predicted octanol–water partition coefficient (Wildman–Crippen LogP) is 13.1. The van der Waals surface area contributed by atoms with Gasteiger partial charge < -0.3 is 4.57 Å². The first-order valence-corrected chi connectivity index (χ1v) is 18.5. The number of hydrogen-bond acceptors (Lipinski definition) is 3. The summed E-state index contributed by atoms with van der Waals surface area (Å²) in [7, 11) is 0. The van der Waals surface area contributed by atoms with Gasteiger partial charge in [0, 0.05) is 55.2 Å². The van der Waals surface area contributed by atoms with E-state index in [1.54, 1.807) is 0 Å². The molecule has 0 spiro atoms. The molecule has 0 aliphatic heterocycles. The van der Waals surface area contributed by atoms with Crippen molar-refractivity contribution in [1.29, 1.82) is 5.26 Å². The summed E-state index contributed by atoms with van der Waals surface area (Å²) in [5, 5.41) is 18.8. The predicted molar refractivity (Wildman–Crippen MR) is 227 cm³/mol. The number of fused-ring (bicyclic) bond motifs is 10. The second-order valence-electron chi connectivity index (χ2n) is 14.1. The standard InChI is InChI=1S/C51H30N4/c52-31-32-13-25-46-43(28-32)44-29-38(22-26-47(44)55(46)40-11-5-2-6-12-40)33-14-16-34(17-15-33)39-21-23-41-45(30-39)54-50(36-8-3-1-4-9-36)42-24-20-35-18-19-37-10-7-27-53-51(37)48(35)49(41)42/h1-30H. The summed E-state index contributed by atoms with van der Waals surface area (Å²) in [4.78, 5) is 10.2. The monoisotopic (exact) mass is 698 g/mol. The van der Waals surface area contributed by atoms with Crippen LogP contribution in [0.3, 0.4) is 0 Å². The molecule has 3 heterocycles. The first-order chi connectivity index (χ1) is 27.2. The summed E-state index contributed by atoms with van der Waals surface area (Å²) in [5.41, 5.74) is 12.4. The van der Waals surface area contributed by atoms with Crippen molar-refractivity contribution < 1.29 is 0 Å². The molecular weight excluding hydrogens is 669 g/mol. The molecule has 0 N–H and O–H groups in total. The zero-order valence-corrected chi connectivity index (χ0v) is 29.6. The lowest BCUT2D eigenvalue weighted by Gasteiger charge is -2.15. The van der Waals surface area contributed by atoms with E-state index in [0.29, 0.717) is 5.56 Å². The Morgan fingerprint density at radius 3 is 1.87 bits per heavy atom. The minimum absolute atomic E-state index is 0.654. The first-order valence-electron chi connectivity index (χ1n) is 18.5. The maximum absolute atomic E-state index is 9.73. The van der Waals surface area contributed by atoms with Crippen LogP contribution in [0, 0.1) is 11.3 Å². The number of nitrogens with zero attached hydrogens (tertiary/aromatic N) is 4. The van der Waals surface area contributed by atoms with Gasteiger partial charge in [-0.1, -0.05) is 121 Å². The number of rotatable bonds is 4. The zero-order chi connectivity index (χ0) is 36.5. The number of nitriles is 1. The number of hydrogen-bond donors (Lipinski definition) is 0. The summed E-state index contributed by atoms with van der Waals surface area (Å²) >= 11 is 0. The molecule has 0 radical (unpaired) electrons. The van der Waals surface area contributed by atoms with Crippen LogP contribution in [0.5, 0.6) is 0 Å². The van der Waals surface area contributed by atoms with Gasteiger partial charge in [-0.15, -0.1) is 0 Å². The van der Waals surface area contributed by atoms with Crippen LogP contribution < -0.4 is 0 Å². The normalized spacial score (nSPS) is 11.6. The Morgan fingerprint density at radius 2 is 1.09 bits per heavy atom. The quantitative estimate of drug-likeness (QED) is 0.172. The molecule has 8 aromatic carbocycles. The molecule has 3 aromatic heterocycles. The maximum atomic E-state index is 9.73. The van der Waals surface area contributed by atoms with E-state index in [0.717, 1.165) is 99.0 Å². The highest BCUT2D eigenvalue weighted by molar-refractivity contribution is 6.28. The van der Waals surface area contributed by atoms with Crippen molar-refractivity contribution in [2.75, 3.05) is 0 Å². The van der Waals surface area contributed by atoms with Crippen molar-refractivity contribution in [3.05, 3.63) is 188 Å². The molecule has 4 nitrogen and oxygen atoms in total. The third-order valence-electron chi connectivity index (χ3n) is 11.0. The van der Waals surface area contributed by atoms with E-state index in [2.05, 4.69) is 156 Å². The molecule has 11 aromatic rings. The van der Waals surface area contributed by atoms with Gasteiger partial charge in [0.25, 0.3) is 0 Å². The molecule has 0 saturated carbocycles. The van der Waals surface area contributed by atoms with Gasteiger partial charge in [-0.05, 0) is 82.2 Å². The second kappa shape index (κ2) is 12.2. The van der Waals surface area contributed by atoms with Crippen molar-refractivity contribution in [1.82, 2.24) is 14.5 Å². The molecule has 0 amide bonds. The fourth-order valence-electron chi connectivity index (χ4n) is 8.43. The molecule has 4 heteroatoms. The first kappa shape index (κ1) is 31.0. The smallest absolute Gasteiger partial charge is 0.0991 e. The van der Waals surface area contributed by atoms with Crippen LogP contribution in [0.4, 0.5) is 0 Å². The summed E-state index contributed by atoms with van der Waals surface area (Å²) in [6, 6.07) is 64.2. The number of para-hydroxylation sites is 1. The van der Waals surface area contributed by atoms with Crippen molar-refractivity contribution in [3.8, 4) is 45.3 Å². The second-order valence-corrected chi connectivity index (χ2v) is 14.1. The van der Waals surface area contributed by atoms with E-state index in [9.17, 15) is 5.26 Å². The maximum Gasteiger partial charge on any atom is 0.0991 e. The summed E-state index contributed by atoms with van der Waals surface area (Å²) < 4.78 is 2.28. The third-order valence-corrected chi connectivity index (χ3v) is 11.0. The van der Waals surface area contributed by atoms with Gasteiger partial charge in [0.1, 0.15) is 0 Å². The van der Waals surface area contributed by atoms with E-state index in [1.165, 1.54) is 5.39 Å². The minimum Gasteiger partial charge on any atom is -0.309 e. The van der Waals surface area contributed by atoms with Crippen molar-refractivity contribution in [2.24, 2.45) is 0 Å². The van der Waals surface area contributed by atoms with Crippen molar-refractivity contribution in [3.63, 3.8) is 0 Å². The molecule has 254 valence electrons. The van der Waals surface area contributed by atoms with E-state index < -0.39 is 0 Å². The summed E-state index contributed by atoms with van der Waals surface area (Å²) in [5.74, 6) is 0. The molecule has 0 saturated heterocycles. The van der Waals surface area contributed by atoms with Crippen LogP contribution in [0.15, 0.2) is 182 Å². The van der Waals surface area contributed by atoms with Gasteiger partial charge in [0.15, 0.2) is 0 Å². The molecule has 0 fully saturated rings. The van der Waals surface area contributed by atoms with Gasteiger partial charge in [0.2, 0.25) is 0 Å². The summed E-state index contributed by atoms with van der Waals surface area (Å²) in [6.07, 6.45) is 1.88. The van der Waals surface area contributed by atoms with Crippen LogP contribution in [-0.2, 0) is 0 Å². The Kier molecular flexibility index (Phi) is 6.89. The Hall–Kier alpha value is -7.61. The van der Waals surface area contributed by atoms with E-state index >= 15 is 0 Å². The molecule has 55 heavy (non-hydrogen) atoms. The SMILES string of the molecule is N#Cc1ccc2c(c1)c1cc(-c3ccc(-c4ccc5c(c4)nc(-c4ccccc4)c4ccc6ccc7cccnc7c6c45)cc3)ccc1n2-c1ccccc1. The lowest BCUT2D eigenvalue weighted by molar-refractivity contribution is 1.18. The highest BCUT2D eigenvalue weighted by Gasteiger charge is 2.17. The largest absolute Gasteiger partial charge is 0.309 e. The number of aromatic nitrogens is 3. The van der Waals surface area contributed by atoms with Crippen LogP contribution in [-0.4, -0.2) is 14.5 Å². The van der Waals surface area contributed by atoms with Gasteiger partial charge >= 0.3 is 0 Å². The topological polar surface area (TPSA) is 54.5 Å². The Labute approximate surface area is 316 Å². The zero-order valence-electron chi connectivity index (χ0n) is 29.6. The van der Waals surface area contributed by atoms with Gasteiger partial charge in [-0.25, -0.2) is 4.98 Å². The number of benzene rings is 8. The van der Waals surface area contributed by atoms with Gasteiger partial charge in [-0.2, -0.15) is 5.26 Å². The van der Waals surface area contributed by atoms with Crippen molar-refractivity contribution in [2.45, 2.75) is 0 Å². The fraction of sp³-hybridized carbons (Fsp3) is 0. The summed E-state index contributed by atoms with van der Waals surface area (Å²) in [6.45, 7) is 0. The molecule has 0 unspecified atom stereocenters. The lowest BCUT2D eigenvalue weighted by Crippen LogP contribution is -1.93. The molecule has 0 aliphatic rings. The van der Waals surface area contributed by atoms with Gasteiger partial charge in [0.05, 0.1) is 39.4 Å². The van der Waals surface area contributed by atoms with E-state index in [4.69, 9.17) is 9.97 Å². The fourth-order valence-corrected chi connectivity index (χ4v) is 8.43. The van der Waals surface area contributed by atoms with Crippen molar-refractivity contribution >= 4 is 65.2 Å². The molecule has 0 aliphatic carbocycles. The lowest BCUT2D eigenvalue weighted by atomic mass is 9.92. The molecule has 0 atom stereocenters. The van der Waals surface area contributed by atoms with Gasteiger partial charge in [-0.3, -0.25) is 4.98 Å². The van der Waals surface area contributed by atoms with Crippen LogP contribution >= 0.6 is 0 Å². The molecule has 11 rings (SSSR count). The average molecular weight is 699 g/mol. The highest BCUT2D eigenvalue weighted by atomic mass is 15.0. The van der Waals surface area contributed by atoms with Crippen LogP contribution in [0.2, 0.25) is 0 Å². The van der Waals surface area contributed by atoms with E-state index in [-0.39, 0.29) is 0 Å². The van der Waals surface area contributed by atoms with E-state index in [1.807, 2.05) is 36.5 Å². The highest BCUT2D eigenvalue weighted by Crippen LogP contribution is 2.41. The molecular formula is C51H30N4. The Bertz CT molecular complexity index is 3360. The Balaban J connectivity index is 1.05. The average Bonchev–Trinajstić information content (AvgIpc) is 3.59.